The summed E-state index contributed by atoms with van der Waals surface area (Å²) in [5.74, 6) is 0.351. The number of hydrogen-bond acceptors (Lipinski definition) is 5. The van der Waals surface area contributed by atoms with Gasteiger partial charge in [-0.25, -0.2) is 8.42 Å². The van der Waals surface area contributed by atoms with Gasteiger partial charge < -0.3 is 9.42 Å². The summed E-state index contributed by atoms with van der Waals surface area (Å²) in [6.07, 6.45) is 0. The van der Waals surface area contributed by atoms with Crippen LogP contribution in [0.5, 0.6) is 0 Å². The quantitative estimate of drug-likeness (QED) is 0.851. The predicted octanol–water partition coefficient (Wildman–Crippen LogP) is 2.42. The van der Waals surface area contributed by atoms with Gasteiger partial charge >= 0.3 is 0 Å². The number of piperazine rings is 1. The van der Waals surface area contributed by atoms with Crippen LogP contribution < -0.4 is 4.90 Å². The van der Waals surface area contributed by atoms with Crippen LogP contribution in [0.1, 0.15) is 22.6 Å². The molecule has 130 valence electrons. The van der Waals surface area contributed by atoms with Crippen LogP contribution in [0, 0.1) is 27.7 Å². The second kappa shape index (κ2) is 6.22. The maximum Gasteiger partial charge on any atom is 0.248 e. The number of nitrogens with zero attached hydrogens (tertiary/aromatic N) is 3. The molecule has 0 saturated carbocycles. The molecule has 1 aromatic carbocycles. The van der Waals surface area contributed by atoms with E-state index in [4.69, 9.17) is 4.52 Å². The van der Waals surface area contributed by atoms with Gasteiger partial charge in [-0.05, 0) is 39.3 Å². The van der Waals surface area contributed by atoms with Gasteiger partial charge in [0, 0.05) is 31.9 Å². The number of aromatic nitrogens is 1. The van der Waals surface area contributed by atoms with E-state index in [0.717, 1.165) is 0 Å². The molecule has 2 heterocycles. The number of rotatable bonds is 3. The molecule has 0 aliphatic carbocycles. The Labute approximate surface area is 143 Å². The highest BCUT2D eigenvalue weighted by atomic mass is 32.2. The third-order valence-corrected chi connectivity index (χ3v) is 6.64. The Kier molecular flexibility index (Phi) is 4.40. The summed E-state index contributed by atoms with van der Waals surface area (Å²) >= 11 is 0. The Morgan fingerprint density at radius 2 is 1.71 bits per heavy atom. The van der Waals surface area contributed by atoms with Crippen LogP contribution in [0.3, 0.4) is 0 Å². The predicted molar refractivity (Wildman–Crippen MR) is 92.9 cm³/mol. The molecule has 1 aliphatic heterocycles. The van der Waals surface area contributed by atoms with Crippen LogP contribution in [0.25, 0.3) is 0 Å². The van der Waals surface area contributed by atoms with E-state index in [9.17, 15) is 8.42 Å². The maximum absolute atomic E-state index is 12.9. The summed E-state index contributed by atoms with van der Waals surface area (Å²) in [4.78, 5) is 2.45. The Hall–Kier alpha value is -1.86. The summed E-state index contributed by atoms with van der Waals surface area (Å²) < 4.78 is 32.3. The van der Waals surface area contributed by atoms with Crippen LogP contribution in [-0.4, -0.2) is 44.1 Å². The van der Waals surface area contributed by atoms with Gasteiger partial charge in [0.15, 0.2) is 5.76 Å². The molecule has 1 aliphatic rings. The summed E-state index contributed by atoms with van der Waals surface area (Å²) in [5.41, 5.74) is 4.05. The first-order valence-corrected chi connectivity index (χ1v) is 9.50. The lowest BCUT2D eigenvalue weighted by Gasteiger charge is -2.36. The number of benzene rings is 1. The van der Waals surface area contributed by atoms with Crippen molar-refractivity contribution in [2.75, 3.05) is 31.1 Å². The van der Waals surface area contributed by atoms with Crippen LogP contribution in [0.15, 0.2) is 27.6 Å². The van der Waals surface area contributed by atoms with Gasteiger partial charge in [0.2, 0.25) is 10.0 Å². The molecule has 3 rings (SSSR count). The van der Waals surface area contributed by atoms with E-state index in [1.165, 1.54) is 21.1 Å². The number of hydrogen-bond donors (Lipinski definition) is 0. The molecule has 0 atom stereocenters. The first-order chi connectivity index (χ1) is 11.3. The summed E-state index contributed by atoms with van der Waals surface area (Å²) in [7, 11) is -3.55. The number of sulfonamides is 1. The molecular formula is C17H23N3O3S. The molecule has 2 aromatic rings. The van der Waals surface area contributed by atoms with Crippen molar-refractivity contribution in [3.8, 4) is 0 Å². The standard InChI is InChI=1S/C17H23N3O3S/c1-12-5-6-16(13(2)11-12)19-7-9-20(10-8-19)24(21,22)17-14(3)18-23-15(17)4/h5-6,11H,7-10H2,1-4H3. The molecule has 0 N–H and O–H groups in total. The lowest BCUT2D eigenvalue weighted by Crippen LogP contribution is -2.49. The maximum atomic E-state index is 12.9. The van der Waals surface area contributed by atoms with Gasteiger partial charge in [-0.15, -0.1) is 0 Å². The molecule has 1 fully saturated rings. The van der Waals surface area contributed by atoms with E-state index in [1.807, 2.05) is 0 Å². The van der Waals surface area contributed by atoms with Gasteiger partial charge in [0.1, 0.15) is 10.6 Å². The fraction of sp³-hybridized carbons (Fsp3) is 0.471. The SMILES string of the molecule is Cc1ccc(N2CCN(S(=O)(=O)c3c(C)noc3C)CC2)c(C)c1. The highest BCUT2D eigenvalue weighted by Gasteiger charge is 2.33. The van der Waals surface area contributed by atoms with Crippen molar-refractivity contribution in [2.24, 2.45) is 0 Å². The number of aryl methyl sites for hydroxylation is 4. The summed E-state index contributed by atoms with van der Waals surface area (Å²) in [6, 6.07) is 6.36. The van der Waals surface area contributed by atoms with E-state index in [1.54, 1.807) is 13.8 Å². The molecule has 0 unspecified atom stereocenters. The highest BCUT2D eigenvalue weighted by molar-refractivity contribution is 7.89. The summed E-state index contributed by atoms with van der Waals surface area (Å²) in [6.45, 7) is 9.73. The van der Waals surface area contributed by atoms with Crippen molar-refractivity contribution in [1.29, 1.82) is 0 Å². The fourth-order valence-corrected chi connectivity index (χ4v) is 5.01. The zero-order valence-corrected chi connectivity index (χ0v) is 15.4. The van der Waals surface area contributed by atoms with Crippen molar-refractivity contribution < 1.29 is 12.9 Å². The molecule has 1 aromatic heterocycles. The van der Waals surface area contributed by atoms with Gasteiger partial charge in [0.05, 0.1) is 0 Å². The van der Waals surface area contributed by atoms with Crippen molar-refractivity contribution in [3.63, 3.8) is 0 Å². The Morgan fingerprint density at radius 3 is 2.25 bits per heavy atom. The minimum Gasteiger partial charge on any atom is -0.369 e. The Balaban J connectivity index is 1.78. The van der Waals surface area contributed by atoms with Gasteiger partial charge in [-0.3, -0.25) is 0 Å². The van der Waals surface area contributed by atoms with Crippen LogP contribution in [-0.2, 0) is 10.0 Å². The van der Waals surface area contributed by atoms with E-state index < -0.39 is 10.0 Å². The van der Waals surface area contributed by atoms with Crippen molar-refractivity contribution in [1.82, 2.24) is 9.46 Å². The van der Waals surface area contributed by atoms with Crippen molar-refractivity contribution >= 4 is 15.7 Å². The third-order valence-electron chi connectivity index (χ3n) is 4.50. The molecule has 7 heteroatoms. The second-order valence-corrected chi connectivity index (χ2v) is 8.21. The fourth-order valence-electron chi connectivity index (χ4n) is 3.30. The van der Waals surface area contributed by atoms with Gasteiger partial charge in [0.25, 0.3) is 0 Å². The molecular weight excluding hydrogens is 326 g/mol. The first-order valence-electron chi connectivity index (χ1n) is 8.06. The molecule has 0 amide bonds. The molecule has 0 radical (unpaired) electrons. The number of anilines is 1. The van der Waals surface area contributed by atoms with Crippen molar-refractivity contribution in [3.05, 3.63) is 40.8 Å². The largest absolute Gasteiger partial charge is 0.369 e. The Bertz CT molecular complexity index is 830. The molecule has 0 spiro atoms. The van der Waals surface area contributed by atoms with E-state index in [-0.39, 0.29) is 4.90 Å². The molecule has 0 bridgehead atoms. The topological polar surface area (TPSA) is 66.7 Å². The molecule has 24 heavy (non-hydrogen) atoms. The average Bonchev–Trinajstić information content (AvgIpc) is 2.87. The minimum atomic E-state index is -3.55. The van der Waals surface area contributed by atoms with Crippen molar-refractivity contribution in [2.45, 2.75) is 32.6 Å². The van der Waals surface area contributed by atoms with E-state index in [0.29, 0.717) is 37.6 Å². The Morgan fingerprint density at radius 1 is 1.04 bits per heavy atom. The van der Waals surface area contributed by atoms with E-state index in [2.05, 4.69) is 42.1 Å². The lowest BCUT2D eigenvalue weighted by atomic mass is 10.1. The van der Waals surface area contributed by atoms with Crippen LogP contribution >= 0.6 is 0 Å². The molecule has 6 nitrogen and oxygen atoms in total. The monoisotopic (exact) mass is 349 g/mol. The van der Waals surface area contributed by atoms with Gasteiger partial charge in [-0.1, -0.05) is 22.9 Å². The lowest BCUT2D eigenvalue weighted by molar-refractivity contribution is 0.378. The smallest absolute Gasteiger partial charge is 0.248 e. The summed E-state index contributed by atoms with van der Waals surface area (Å²) in [5, 5.41) is 3.77. The highest BCUT2D eigenvalue weighted by Crippen LogP contribution is 2.27. The molecule has 1 saturated heterocycles. The van der Waals surface area contributed by atoms with Crippen LogP contribution in [0.4, 0.5) is 5.69 Å². The first kappa shape index (κ1) is 17.0. The minimum absolute atomic E-state index is 0.211. The zero-order valence-electron chi connectivity index (χ0n) is 14.5. The third kappa shape index (κ3) is 2.93. The average molecular weight is 349 g/mol. The second-order valence-electron chi connectivity index (χ2n) is 6.33. The zero-order chi connectivity index (χ0) is 17.5. The normalized spacial score (nSPS) is 16.6. The van der Waals surface area contributed by atoms with Gasteiger partial charge in [-0.2, -0.15) is 4.31 Å². The van der Waals surface area contributed by atoms with E-state index >= 15 is 0 Å². The van der Waals surface area contributed by atoms with Crippen LogP contribution in [0.2, 0.25) is 0 Å².